The van der Waals surface area contributed by atoms with Crippen LogP contribution < -0.4 is 5.73 Å². The van der Waals surface area contributed by atoms with E-state index in [9.17, 15) is 0 Å². The van der Waals surface area contributed by atoms with E-state index in [0.717, 1.165) is 0 Å². The Morgan fingerprint density at radius 3 is 2.75 bits per heavy atom. The molecule has 2 heteroatoms. The van der Waals surface area contributed by atoms with Crippen molar-refractivity contribution < 1.29 is 0 Å². The Bertz CT molecular complexity index is 527. The number of hydrogen-bond donors (Lipinski definition) is 1. The molecule has 0 bridgehead atoms. The summed E-state index contributed by atoms with van der Waals surface area (Å²) in [6.45, 7) is 2.11. The van der Waals surface area contributed by atoms with Gasteiger partial charge in [-0.3, -0.25) is 4.98 Å². The van der Waals surface area contributed by atoms with E-state index in [4.69, 9.17) is 5.73 Å². The molecule has 0 aliphatic heterocycles. The van der Waals surface area contributed by atoms with Crippen molar-refractivity contribution in [2.45, 2.75) is 31.2 Å². The van der Waals surface area contributed by atoms with Gasteiger partial charge in [-0.2, -0.15) is 0 Å². The van der Waals surface area contributed by atoms with Gasteiger partial charge in [0.1, 0.15) is 0 Å². The molecule has 1 saturated carbocycles. The molecule has 3 rings (SSSR count). The second kappa shape index (κ2) is 3.29. The minimum atomic E-state index is 0.238. The predicted octanol–water partition coefficient (Wildman–Crippen LogP) is 2.61. The van der Waals surface area contributed by atoms with Crippen LogP contribution in [0.2, 0.25) is 0 Å². The van der Waals surface area contributed by atoms with Crippen LogP contribution in [0.15, 0.2) is 36.7 Å². The molecule has 0 spiro atoms. The molecule has 1 fully saturated rings. The van der Waals surface area contributed by atoms with Gasteiger partial charge >= 0.3 is 0 Å². The first-order chi connectivity index (χ1) is 7.72. The molecule has 1 atom stereocenters. The topological polar surface area (TPSA) is 38.9 Å². The van der Waals surface area contributed by atoms with E-state index in [1.165, 1.54) is 29.2 Å². The monoisotopic (exact) mass is 212 g/mol. The Morgan fingerprint density at radius 2 is 2.06 bits per heavy atom. The summed E-state index contributed by atoms with van der Waals surface area (Å²) in [7, 11) is 0. The molecule has 1 aliphatic rings. The molecule has 2 nitrogen and oxygen atoms in total. The van der Waals surface area contributed by atoms with Crippen molar-refractivity contribution in [1.82, 2.24) is 4.98 Å². The van der Waals surface area contributed by atoms with E-state index in [2.05, 4.69) is 30.1 Å². The summed E-state index contributed by atoms with van der Waals surface area (Å²) in [4.78, 5) is 4.17. The van der Waals surface area contributed by atoms with Crippen LogP contribution in [-0.2, 0) is 5.41 Å². The highest BCUT2D eigenvalue weighted by Gasteiger charge is 2.47. The highest BCUT2D eigenvalue weighted by molar-refractivity contribution is 5.82. The molecule has 1 unspecified atom stereocenters. The predicted molar refractivity (Wildman–Crippen MR) is 66.3 cm³/mol. The maximum Gasteiger partial charge on any atom is 0.0346 e. The van der Waals surface area contributed by atoms with E-state index < -0.39 is 0 Å². The number of aromatic nitrogens is 1. The van der Waals surface area contributed by atoms with Crippen LogP contribution in [-0.4, -0.2) is 11.0 Å². The van der Waals surface area contributed by atoms with Crippen molar-refractivity contribution in [2.75, 3.05) is 0 Å². The molecule has 0 saturated heterocycles. The Labute approximate surface area is 95.5 Å². The van der Waals surface area contributed by atoms with E-state index >= 15 is 0 Å². The number of nitrogens with two attached hydrogens (primary N) is 1. The fraction of sp³-hybridized carbons (Fsp3) is 0.357. The number of rotatable bonds is 2. The third-order valence-corrected chi connectivity index (χ3v) is 3.88. The van der Waals surface area contributed by atoms with E-state index in [1.54, 1.807) is 0 Å². The zero-order chi connectivity index (χ0) is 11.2. The lowest BCUT2D eigenvalue weighted by Gasteiger charge is -2.20. The molecule has 1 aliphatic carbocycles. The summed E-state index contributed by atoms with van der Waals surface area (Å²) in [6, 6.07) is 8.93. The highest BCUT2D eigenvalue weighted by atomic mass is 14.7. The molecular weight excluding hydrogens is 196 g/mol. The largest absolute Gasteiger partial charge is 0.327 e. The summed E-state index contributed by atoms with van der Waals surface area (Å²) in [6.07, 6.45) is 6.20. The second-order valence-electron chi connectivity index (χ2n) is 4.88. The van der Waals surface area contributed by atoms with Gasteiger partial charge < -0.3 is 5.73 Å². The lowest BCUT2D eigenvalue weighted by molar-refractivity contribution is 0.557. The van der Waals surface area contributed by atoms with Gasteiger partial charge in [0.2, 0.25) is 0 Å². The lowest BCUT2D eigenvalue weighted by Crippen LogP contribution is -2.31. The minimum absolute atomic E-state index is 0.238. The molecule has 82 valence electrons. The molecule has 1 heterocycles. The maximum absolute atomic E-state index is 6.09. The number of fused-ring (bicyclic) bond motifs is 1. The molecule has 2 aromatic rings. The third-order valence-electron chi connectivity index (χ3n) is 3.88. The summed E-state index contributed by atoms with van der Waals surface area (Å²) in [5, 5.41) is 2.46. The third kappa shape index (κ3) is 1.34. The fourth-order valence-electron chi connectivity index (χ4n) is 2.54. The Kier molecular flexibility index (Phi) is 2.01. The molecule has 1 aromatic heterocycles. The molecular formula is C14H16N2. The minimum Gasteiger partial charge on any atom is -0.327 e. The van der Waals surface area contributed by atoms with Gasteiger partial charge in [-0.1, -0.05) is 12.1 Å². The highest BCUT2D eigenvalue weighted by Crippen LogP contribution is 2.50. The summed E-state index contributed by atoms with van der Waals surface area (Å²) >= 11 is 0. The zero-order valence-electron chi connectivity index (χ0n) is 9.48. The van der Waals surface area contributed by atoms with Gasteiger partial charge in [0.05, 0.1) is 0 Å². The summed E-state index contributed by atoms with van der Waals surface area (Å²) < 4.78 is 0. The van der Waals surface area contributed by atoms with Crippen molar-refractivity contribution in [3.63, 3.8) is 0 Å². The van der Waals surface area contributed by atoms with E-state index in [1.807, 2.05) is 18.5 Å². The summed E-state index contributed by atoms with van der Waals surface area (Å²) in [5.74, 6) is 0. The van der Waals surface area contributed by atoms with E-state index in [0.29, 0.717) is 0 Å². The van der Waals surface area contributed by atoms with Crippen LogP contribution in [0, 0.1) is 0 Å². The van der Waals surface area contributed by atoms with Gasteiger partial charge in [-0.25, -0.2) is 0 Å². The summed E-state index contributed by atoms with van der Waals surface area (Å²) in [5.41, 5.74) is 7.71. The standard InChI is InChI=1S/C14H16N2/c1-10(15)14(5-6-14)13-3-2-11-4-7-16-9-12(11)8-13/h2-4,7-10H,5-6,15H2,1H3. The molecule has 0 radical (unpaired) electrons. The number of pyridine rings is 1. The molecule has 1 aromatic carbocycles. The quantitative estimate of drug-likeness (QED) is 0.831. The van der Waals surface area contributed by atoms with Crippen molar-refractivity contribution in [3.05, 3.63) is 42.2 Å². The number of nitrogens with zero attached hydrogens (tertiary/aromatic N) is 1. The Balaban J connectivity index is 2.12. The van der Waals surface area contributed by atoms with Gasteiger partial charge in [0.15, 0.2) is 0 Å². The second-order valence-corrected chi connectivity index (χ2v) is 4.88. The van der Waals surface area contributed by atoms with Crippen LogP contribution in [0.4, 0.5) is 0 Å². The first-order valence-corrected chi connectivity index (χ1v) is 5.82. The van der Waals surface area contributed by atoms with Gasteiger partial charge in [-0.05, 0) is 42.8 Å². The van der Waals surface area contributed by atoms with E-state index in [-0.39, 0.29) is 11.5 Å². The molecule has 0 amide bonds. The average molecular weight is 212 g/mol. The normalized spacial score (nSPS) is 19.6. The zero-order valence-corrected chi connectivity index (χ0v) is 9.48. The maximum atomic E-state index is 6.09. The van der Waals surface area contributed by atoms with Crippen molar-refractivity contribution in [2.24, 2.45) is 5.73 Å². The lowest BCUT2D eigenvalue weighted by atomic mass is 9.88. The van der Waals surface area contributed by atoms with Crippen LogP contribution in [0.25, 0.3) is 10.8 Å². The fourth-order valence-corrected chi connectivity index (χ4v) is 2.54. The average Bonchev–Trinajstić information content (AvgIpc) is 3.09. The molecule has 16 heavy (non-hydrogen) atoms. The van der Waals surface area contributed by atoms with Crippen molar-refractivity contribution >= 4 is 10.8 Å². The van der Waals surface area contributed by atoms with Crippen molar-refractivity contribution in [1.29, 1.82) is 0 Å². The van der Waals surface area contributed by atoms with Gasteiger partial charge in [0.25, 0.3) is 0 Å². The Hall–Kier alpha value is -1.41. The Morgan fingerprint density at radius 1 is 1.25 bits per heavy atom. The smallest absolute Gasteiger partial charge is 0.0346 e. The van der Waals surface area contributed by atoms with Gasteiger partial charge in [-0.15, -0.1) is 0 Å². The van der Waals surface area contributed by atoms with Crippen molar-refractivity contribution in [3.8, 4) is 0 Å². The van der Waals surface area contributed by atoms with Crippen LogP contribution in [0.5, 0.6) is 0 Å². The SMILES string of the molecule is CC(N)C1(c2ccc3ccncc3c2)CC1. The van der Waals surface area contributed by atoms with Crippen LogP contribution >= 0.6 is 0 Å². The van der Waals surface area contributed by atoms with Gasteiger partial charge in [0, 0.05) is 29.2 Å². The first-order valence-electron chi connectivity index (χ1n) is 5.82. The van der Waals surface area contributed by atoms with Crippen LogP contribution in [0.3, 0.4) is 0 Å². The number of hydrogen-bond acceptors (Lipinski definition) is 2. The first kappa shape index (κ1) is 9.79. The molecule has 2 N–H and O–H groups in total. The number of benzene rings is 1. The van der Waals surface area contributed by atoms with Crippen LogP contribution in [0.1, 0.15) is 25.3 Å².